The fourth-order valence-electron chi connectivity index (χ4n) is 4.16. The molecule has 4 rings (SSSR count). The molecule has 0 aliphatic carbocycles. The summed E-state index contributed by atoms with van der Waals surface area (Å²) in [5, 5.41) is 16.1. The first-order valence-corrected chi connectivity index (χ1v) is 15.0. The Hall–Kier alpha value is -4.79. The number of nitrogens with zero attached hydrogens (tertiary/aromatic N) is 6. The molecule has 0 aliphatic rings. The van der Waals surface area contributed by atoms with Gasteiger partial charge in [0.15, 0.2) is 11.6 Å². The summed E-state index contributed by atoms with van der Waals surface area (Å²) < 4.78 is 139. The quantitative estimate of drug-likeness (QED) is 0.200. The van der Waals surface area contributed by atoms with E-state index in [4.69, 9.17) is 9.47 Å². The van der Waals surface area contributed by atoms with Crippen LogP contribution < -0.4 is 18.9 Å². The summed E-state index contributed by atoms with van der Waals surface area (Å²) in [6, 6.07) is 7.77. The Bertz CT molecular complexity index is 1820. The highest BCUT2D eigenvalue weighted by Crippen LogP contribution is 2.43. The van der Waals surface area contributed by atoms with E-state index in [0.717, 1.165) is 29.1 Å². The Morgan fingerprint density at radius 3 is 2.02 bits per heavy atom. The maximum atomic E-state index is 13.6. The van der Waals surface area contributed by atoms with Crippen molar-refractivity contribution >= 4 is 16.0 Å². The van der Waals surface area contributed by atoms with E-state index in [2.05, 4.69) is 34.6 Å². The molecule has 1 aromatic carbocycles. The van der Waals surface area contributed by atoms with E-state index in [1.807, 2.05) is 0 Å². The molecule has 48 heavy (non-hydrogen) atoms. The molecule has 0 bridgehead atoms. The minimum absolute atomic E-state index is 0.0133. The van der Waals surface area contributed by atoms with Crippen molar-refractivity contribution in [2.45, 2.75) is 43.0 Å². The SMILES string of the molecule is COc1cccc(OC)c1-n1c(NS(=O)(=O)[C@@H](C)[C@H](C)c2ncc(F)cn2)nnc1-c1cccc(OCC(O)(C(F)(F)F)C(F)(F)F)n1. The number of aromatic nitrogens is 6. The number of hydrogen-bond acceptors (Lipinski definition) is 11. The van der Waals surface area contributed by atoms with Crippen LogP contribution in [0.4, 0.5) is 36.7 Å². The Morgan fingerprint density at radius 2 is 1.48 bits per heavy atom. The first-order valence-electron chi connectivity index (χ1n) is 13.5. The van der Waals surface area contributed by atoms with E-state index in [1.165, 1.54) is 52.3 Å². The lowest BCUT2D eigenvalue weighted by molar-refractivity contribution is -0.373. The molecule has 0 saturated heterocycles. The summed E-state index contributed by atoms with van der Waals surface area (Å²) in [6.45, 7) is 0.531. The number of nitrogens with one attached hydrogen (secondary N) is 1. The van der Waals surface area contributed by atoms with E-state index in [1.54, 1.807) is 0 Å². The molecule has 0 radical (unpaired) electrons. The van der Waals surface area contributed by atoms with Crippen molar-refractivity contribution in [1.82, 2.24) is 29.7 Å². The molecule has 0 spiro atoms. The van der Waals surface area contributed by atoms with Crippen molar-refractivity contribution < 1.29 is 58.5 Å². The number of para-hydroxylation sites is 1. The van der Waals surface area contributed by atoms with Crippen molar-refractivity contribution in [2.24, 2.45) is 0 Å². The van der Waals surface area contributed by atoms with Crippen molar-refractivity contribution in [3.63, 3.8) is 0 Å². The minimum Gasteiger partial charge on any atom is -0.494 e. The van der Waals surface area contributed by atoms with Gasteiger partial charge in [0, 0.05) is 12.0 Å². The molecule has 13 nitrogen and oxygen atoms in total. The average molecular weight is 710 g/mol. The van der Waals surface area contributed by atoms with E-state index in [9.17, 15) is 44.3 Å². The van der Waals surface area contributed by atoms with Crippen molar-refractivity contribution in [3.05, 3.63) is 60.4 Å². The topological polar surface area (TPSA) is 163 Å². The highest BCUT2D eigenvalue weighted by Gasteiger charge is 2.71. The molecule has 4 aromatic rings. The average Bonchev–Trinajstić information content (AvgIpc) is 3.43. The van der Waals surface area contributed by atoms with Gasteiger partial charge in [-0.1, -0.05) is 19.1 Å². The lowest BCUT2D eigenvalue weighted by Gasteiger charge is -2.31. The van der Waals surface area contributed by atoms with Gasteiger partial charge >= 0.3 is 12.4 Å². The fraction of sp³-hybridized carbons (Fsp3) is 0.370. The number of halogens is 7. The zero-order valence-electron chi connectivity index (χ0n) is 25.2. The largest absolute Gasteiger partial charge is 0.494 e. The number of sulfonamides is 1. The lowest BCUT2D eigenvalue weighted by Crippen LogP contribution is -2.60. The maximum absolute atomic E-state index is 13.6. The predicted molar refractivity (Wildman–Crippen MR) is 153 cm³/mol. The highest BCUT2D eigenvalue weighted by molar-refractivity contribution is 7.93. The number of ether oxygens (including phenoxy) is 3. The number of hydrogen-bond donors (Lipinski definition) is 2. The van der Waals surface area contributed by atoms with Crippen LogP contribution >= 0.6 is 0 Å². The molecular formula is C27H26F7N7O6S. The smallest absolute Gasteiger partial charge is 0.429 e. The Balaban J connectivity index is 1.80. The van der Waals surface area contributed by atoms with Crippen LogP contribution in [-0.2, 0) is 10.0 Å². The van der Waals surface area contributed by atoms with Gasteiger partial charge < -0.3 is 19.3 Å². The second kappa shape index (κ2) is 13.4. The molecule has 260 valence electrons. The van der Waals surface area contributed by atoms with Crippen LogP contribution in [0.3, 0.4) is 0 Å². The van der Waals surface area contributed by atoms with Crippen LogP contribution in [0.2, 0.25) is 0 Å². The molecule has 0 amide bonds. The van der Waals surface area contributed by atoms with Crippen LogP contribution in [0.1, 0.15) is 25.6 Å². The molecule has 0 unspecified atom stereocenters. The number of pyridine rings is 1. The molecule has 21 heteroatoms. The number of aliphatic hydroxyl groups is 1. The van der Waals surface area contributed by atoms with Gasteiger partial charge in [0.2, 0.25) is 21.9 Å². The molecule has 0 aliphatic heterocycles. The highest BCUT2D eigenvalue weighted by atomic mass is 32.2. The fourth-order valence-corrected chi connectivity index (χ4v) is 5.39. The number of rotatable bonds is 12. The van der Waals surface area contributed by atoms with Crippen LogP contribution in [0.25, 0.3) is 17.2 Å². The first-order chi connectivity index (χ1) is 22.3. The summed E-state index contributed by atoms with van der Waals surface area (Å²) in [5.41, 5.74) is -5.48. The summed E-state index contributed by atoms with van der Waals surface area (Å²) >= 11 is 0. The lowest BCUT2D eigenvalue weighted by atomic mass is 10.0. The third kappa shape index (κ3) is 7.05. The van der Waals surface area contributed by atoms with Crippen LogP contribution in [-0.4, -0.2) is 87.3 Å². The predicted octanol–water partition coefficient (Wildman–Crippen LogP) is 4.44. The third-order valence-electron chi connectivity index (χ3n) is 7.08. The molecular weight excluding hydrogens is 683 g/mol. The van der Waals surface area contributed by atoms with Gasteiger partial charge in [0.1, 0.15) is 35.3 Å². The minimum atomic E-state index is -6.15. The summed E-state index contributed by atoms with van der Waals surface area (Å²) in [5.74, 6) is -2.96. The summed E-state index contributed by atoms with van der Waals surface area (Å²) in [7, 11) is -1.81. The van der Waals surface area contributed by atoms with E-state index in [-0.39, 0.29) is 34.5 Å². The van der Waals surface area contributed by atoms with Crippen molar-refractivity contribution in [1.29, 1.82) is 0 Å². The summed E-state index contributed by atoms with van der Waals surface area (Å²) in [6.07, 6.45) is -10.5. The van der Waals surface area contributed by atoms with Crippen LogP contribution in [0, 0.1) is 5.82 Å². The molecule has 0 fully saturated rings. The van der Waals surface area contributed by atoms with Gasteiger partial charge in [0.25, 0.3) is 5.60 Å². The summed E-state index contributed by atoms with van der Waals surface area (Å²) in [4.78, 5) is 11.6. The van der Waals surface area contributed by atoms with Gasteiger partial charge in [-0.25, -0.2) is 27.8 Å². The van der Waals surface area contributed by atoms with Gasteiger partial charge in [-0.2, -0.15) is 26.3 Å². The van der Waals surface area contributed by atoms with Crippen molar-refractivity contribution in [2.75, 3.05) is 25.5 Å². The third-order valence-corrected chi connectivity index (χ3v) is 8.94. The number of benzene rings is 1. The maximum Gasteiger partial charge on any atom is 0.429 e. The van der Waals surface area contributed by atoms with Crippen LogP contribution in [0.15, 0.2) is 48.8 Å². The first kappa shape index (κ1) is 36.1. The van der Waals surface area contributed by atoms with E-state index < -0.39 is 63.4 Å². The Morgan fingerprint density at radius 1 is 0.917 bits per heavy atom. The van der Waals surface area contributed by atoms with Gasteiger partial charge in [-0.05, 0) is 25.1 Å². The standard InChI is InChI=1S/C27H26F7N7O6S/c1-14(22-35-11-16(28)12-36-22)15(2)48(43,44)40-24-39-38-23(41(24)21-18(45-3)8-6-9-19(21)46-4)17-7-5-10-20(37-17)47-13-25(42,26(29,30)31)27(32,33)34/h5-12,14-15,42H,13H2,1-4H3,(H,39,40)/t14-,15-/m0/s1. The number of methoxy groups -OCH3 is 2. The molecule has 3 heterocycles. The molecule has 2 N–H and O–H groups in total. The van der Waals surface area contributed by atoms with E-state index >= 15 is 0 Å². The normalized spacial score (nSPS) is 13.9. The Kier molecular flexibility index (Phi) is 10.0. The van der Waals surface area contributed by atoms with Gasteiger partial charge in [0.05, 0.1) is 31.9 Å². The second-order valence-corrected chi connectivity index (χ2v) is 12.1. The zero-order valence-corrected chi connectivity index (χ0v) is 26.0. The van der Waals surface area contributed by atoms with E-state index in [0.29, 0.717) is 0 Å². The molecule has 2 atom stereocenters. The number of anilines is 1. The van der Waals surface area contributed by atoms with Gasteiger partial charge in [-0.15, -0.1) is 10.2 Å². The van der Waals surface area contributed by atoms with Crippen molar-refractivity contribution in [3.8, 4) is 34.6 Å². The second-order valence-electron chi connectivity index (χ2n) is 10.1. The monoisotopic (exact) mass is 709 g/mol. The molecule has 0 saturated carbocycles. The Labute approximate surface area is 267 Å². The zero-order chi connectivity index (χ0) is 35.7. The number of alkyl halides is 6. The van der Waals surface area contributed by atoms with Gasteiger partial charge in [-0.3, -0.25) is 9.29 Å². The van der Waals surface area contributed by atoms with Crippen LogP contribution in [0.5, 0.6) is 17.4 Å². The molecule has 3 aromatic heterocycles.